The van der Waals surface area contributed by atoms with Crippen molar-refractivity contribution in [2.75, 3.05) is 18.1 Å². The molecule has 0 N–H and O–H groups in total. The van der Waals surface area contributed by atoms with Crippen molar-refractivity contribution in [2.24, 2.45) is 0 Å². The van der Waals surface area contributed by atoms with Gasteiger partial charge in [-0.3, -0.25) is 14.5 Å². The SMILES string of the molecule is O=C(c1nn(-c2ccccc2)c(=O)c2ccccc12)N(CC1CCCO1)c1nc2ccccc2s1. The smallest absolute Gasteiger partial charge is 0.281 e. The molecule has 0 saturated carbocycles. The average molecular weight is 483 g/mol. The minimum atomic E-state index is -0.305. The Hall–Kier alpha value is -3.88. The summed E-state index contributed by atoms with van der Waals surface area (Å²) >= 11 is 1.46. The summed E-state index contributed by atoms with van der Waals surface area (Å²) in [5.74, 6) is -0.305. The third kappa shape index (κ3) is 4.00. The van der Waals surface area contributed by atoms with Crippen molar-refractivity contribution in [3.05, 3.63) is 94.9 Å². The first-order valence-electron chi connectivity index (χ1n) is 11.6. The van der Waals surface area contributed by atoms with Gasteiger partial charge in [0.15, 0.2) is 10.8 Å². The molecule has 1 amide bonds. The van der Waals surface area contributed by atoms with Crippen molar-refractivity contribution >= 4 is 43.4 Å². The normalized spacial score (nSPS) is 15.6. The fourth-order valence-corrected chi connectivity index (χ4v) is 5.41. The van der Waals surface area contributed by atoms with Gasteiger partial charge in [-0.15, -0.1) is 0 Å². The first kappa shape index (κ1) is 21.6. The summed E-state index contributed by atoms with van der Waals surface area (Å²) in [5.41, 5.74) is 1.38. The number of ether oxygens (including phenoxy) is 1. The Morgan fingerprint density at radius 3 is 2.51 bits per heavy atom. The molecule has 35 heavy (non-hydrogen) atoms. The van der Waals surface area contributed by atoms with Crippen molar-refractivity contribution in [3.63, 3.8) is 0 Å². The molecule has 0 radical (unpaired) electrons. The summed E-state index contributed by atoms with van der Waals surface area (Å²) in [6.07, 6.45) is 1.77. The Labute approximate surface area is 205 Å². The Balaban J connectivity index is 1.52. The largest absolute Gasteiger partial charge is 0.376 e. The summed E-state index contributed by atoms with van der Waals surface area (Å²) in [6.45, 7) is 1.06. The lowest BCUT2D eigenvalue weighted by Crippen LogP contribution is -2.39. The van der Waals surface area contributed by atoms with E-state index in [9.17, 15) is 9.59 Å². The van der Waals surface area contributed by atoms with Crippen LogP contribution in [0.15, 0.2) is 83.7 Å². The summed E-state index contributed by atoms with van der Waals surface area (Å²) < 4.78 is 8.18. The maximum Gasteiger partial charge on any atom is 0.281 e. The number of carbonyl (C=O) groups is 1. The zero-order valence-electron chi connectivity index (χ0n) is 18.8. The van der Waals surface area contributed by atoms with E-state index in [1.807, 2.05) is 48.5 Å². The van der Waals surface area contributed by atoms with Gasteiger partial charge in [-0.1, -0.05) is 59.9 Å². The standard InChI is InChI=1S/C27H22N4O3S/c32-25-21-13-5-4-12-20(21)24(29-31(25)18-9-2-1-3-10-18)26(33)30(17-19-11-8-16-34-19)27-28-22-14-6-7-15-23(22)35-27/h1-7,9-10,12-15,19H,8,11,16-17H2. The molecule has 1 atom stereocenters. The van der Waals surface area contributed by atoms with Crippen molar-refractivity contribution < 1.29 is 9.53 Å². The molecule has 5 aromatic rings. The van der Waals surface area contributed by atoms with Crippen LogP contribution in [-0.2, 0) is 4.74 Å². The molecule has 8 heteroatoms. The molecular formula is C27H22N4O3S. The van der Waals surface area contributed by atoms with Gasteiger partial charge in [0.2, 0.25) is 0 Å². The second kappa shape index (κ2) is 9.05. The summed E-state index contributed by atoms with van der Waals surface area (Å²) in [6, 6.07) is 24.1. The maximum absolute atomic E-state index is 14.2. The van der Waals surface area contributed by atoms with E-state index >= 15 is 0 Å². The van der Waals surface area contributed by atoms with E-state index in [4.69, 9.17) is 9.72 Å². The van der Waals surface area contributed by atoms with Gasteiger partial charge in [-0.2, -0.15) is 9.78 Å². The lowest BCUT2D eigenvalue weighted by atomic mass is 10.1. The van der Waals surface area contributed by atoms with Crippen molar-refractivity contribution in [2.45, 2.75) is 18.9 Å². The topological polar surface area (TPSA) is 77.3 Å². The predicted octanol–water partition coefficient (Wildman–Crippen LogP) is 4.82. The summed E-state index contributed by atoms with van der Waals surface area (Å²) in [7, 11) is 0. The molecule has 0 spiro atoms. The highest BCUT2D eigenvalue weighted by Crippen LogP contribution is 2.31. The van der Waals surface area contributed by atoms with Crippen LogP contribution in [0.1, 0.15) is 23.3 Å². The minimum absolute atomic E-state index is 0.0720. The number of hydrogen-bond acceptors (Lipinski definition) is 6. The second-order valence-corrected chi connectivity index (χ2v) is 9.47. The molecule has 3 heterocycles. The zero-order valence-corrected chi connectivity index (χ0v) is 19.6. The number of rotatable bonds is 5. The number of aromatic nitrogens is 3. The van der Waals surface area contributed by atoms with Gasteiger partial charge in [-0.05, 0) is 43.2 Å². The highest BCUT2D eigenvalue weighted by molar-refractivity contribution is 7.22. The van der Waals surface area contributed by atoms with E-state index in [1.165, 1.54) is 16.0 Å². The zero-order chi connectivity index (χ0) is 23.8. The van der Waals surface area contributed by atoms with E-state index in [0.717, 1.165) is 23.1 Å². The number of amides is 1. The maximum atomic E-state index is 14.2. The van der Waals surface area contributed by atoms with Crippen LogP contribution in [0.2, 0.25) is 0 Å². The molecule has 1 unspecified atom stereocenters. The molecule has 3 aromatic carbocycles. The van der Waals surface area contributed by atoms with Crippen molar-refractivity contribution in [3.8, 4) is 5.69 Å². The van der Waals surface area contributed by atoms with E-state index in [2.05, 4.69) is 5.10 Å². The van der Waals surface area contributed by atoms with Crippen molar-refractivity contribution in [1.29, 1.82) is 0 Å². The number of nitrogens with zero attached hydrogens (tertiary/aromatic N) is 4. The molecular weight excluding hydrogens is 460 g/mol. The fourth-order valence-electron chi connectivity index (χ4n) is 4.43. The first-order valence-corrected chi connectivity index (χ1v) is 12.4. The molecule has 2 aromatic heterocycles. The van der Waals surface area contributed by atoms with Gasteiger partial charge in [0, 0.05) is 12.0 Å². The number of fused-ring (bicyclic) bond motifs is 2. The van der Waals surface area contributed by atoms with Gasteiger partial charge < -0.3 is 4.74 Å². The van der Waals surface area contributed by atoms with Crippen LogP contribution in [0.5, 0.6) is 0 Å². The van der Waals surface area contributed by atoms with Crippen molar-refractivity contribution in [1.82, 2.24) is 14.8 Å². The van der Waals surface area contributed by atoms with Crippen LogP contribution >= 0.6 is 11.3 Å². The van der Waals surface area contributed by atoms with Crippen LogP contribution in [-0.4, -0.2) is 39.9 Å². The molecule has 1 saturated heterocycles. The lowest BCUT2D eigenvalue weighted by molar-refractivity contribution is 0.0913. The molecule has 0 bridgehead atoms. The molecule has 1 fully saturated rings. The van der Waals surface area contributed by atoms with E-state index in [-0.39, 0.29) is 23.3 Å². The lowest BCUT2D eigenvalue weighted by Gasteiger charge is -2.23. The van der Waals surface area contributed by atoms with Gasteiger partial charge in [0.25, 0.3) is 11.5 Å². The van der Waals surface area contributed by atoms with Gasteiger partial charge in [-0.25, -0.2) is 4.98 Å². The number of anilines is 1. The molecule has 1 aliphatic heterocycles. The third-order valence-electron chi connectivity index (χ3n) is 6.18. The first-order chi connectivity index (χ1) is 17.2. The van der Waals surface area contributed by atoms with Crippen LogP contribution in [0.4, 0.5) is 5.13 Å². The number of hydrogen-bond donors (Lipinski definition) is 0. The number of carbonyl (C=O) groups excluding carboxylic acids is 1. The van der Waals surface area contributed by atoms with Crippen LogP contribution < -0.4 is 10.5 Å². The summed E-state index contributed by atoms with van der Waals surface area (Å²) in [5, 5.41) is 6.15. The number of para-hydroxylation sites is 2. The molecule has 7 nitrogen and oxygen atoms in total. The van der Waals surface area contributed by atoms with Crippen LogP contribution in [0.3, 0.4) is 0 Å². The molecule has 174 valence electrons. The van der Waals surface area contributed by atoms with E-state index < -0.39 is 0 Å². The molecule has 0 aliphatic carbocycles. The van der Waals surface area contributed by atoms with Gasteiger partial charge in [0.05, 0.1) is 33.9 Å². The second-order valence-electron chi connectivity index (χ2n) is 8.46. The highest BCUT2D eigenvalue weighted by atomic mass is 32.1. The number of benzene rings is 3. The Kier molecular flexibility index (Phi) is 5.60. The summed E-state index contributed by atoms with van der Waals surface area (Å²) in [4.78, 5) is 33.9. The van der Waals surface area contributed by atoms with E-state index in [1.54, 1.807) is 35.2 Å². The predicted molar refractivity (Wildman–Crippen MR) is 138 cm³/mol. The number of thiazole rings is 1. The third-order valence-corrected chi connectivity index (χ3v) is 7.24. The van der Waals surface area contributed by atoms with Gasteiger partial charge >= 0.3 is 0 Å². The molecule has 1 aliphatic rings. The van der Waals surface area contributed by atoms with Gasteiger partial charge in [0.1, 0.15) is 0 Å². The quantitative estimate of drug-likeness (QED) is 0.359. The minimum Gasteiger partial charge on any atom is -0.376 e. The van der Waals surface area contributed by atoms with E-state index in [0.29, 0.717) is 34.7 Å². The Morgan fingerprint density at radius 1 is 1.00 bits per heavy atom. The Morgan fingerprint density at radius 2 is 1.74 bits per heavy atom. The fraction of sp³-hybridized carbons (Fsp3) is 0.185. The monoisotopic (exact) mass is 482 g/mol. The highest BCUT2D eigenvalue weighted by Gasteiger charge is 2.30. The molecule has 6 rings (SSSR count). The van der Waals surface area contributed by atoms with Crippen LogP contribution in [0.25, 0.3) is 26.7 Å². The average Bonchev–Trinajstić information content (AvgIpc) is 3.57. The Bertz CT molecular complexity index is 1560. The van der Waals surface area contributed by atoms with Crippen LogP contribution in [0, 0.1) is 0 Å².